The Bertz CT molecular complexity index is 1040. The fraction of sp³-hybridized carbons (Fsp3) is 0.100. The number of fused-ring (bicyclic) bond motifs is 1. The van der Waals surface area contributed by atoms with Gasteiger partial charge in [-0.15, -0.1) is 0 Å². The Labute approximate surface area is 156 Å². The zero-order valence-electron chi connectivity index (χ0n) is 13.7. The van der Waals surface area contributed by atoms with Crippen molar-refractivity contribution in [1.82, 2.24) is 4.57 Å². The van der Waals surface area contributed by atoms with E-state index in [1.165, 1.54) is 0 Å². The van der Waals surface area contributed by atoms with Gasteiger partial charge in [-0.3, -0.25) is 0 Å². The molecule has 0 unspecified atom stereocenters. The van der Waals surface area contributed by atoms with E-state index in [4.69, 9.17) is 29.6 Å². The minimum absolute atomic E-state index is 0.102. The van der Waals surface area contributed by atoms with Crippen LogP contribution in [-0.4, -0.2) is 9.56 Å². The normalized spacial score (nSPS) is 11.5. The topological polar surface area (TPSA) is 54.7 Å². The molecule has 0 aliphatic rings. The third-order valence-corrected chi connectivity index (χ3v) is 4.83. The third kappa shape index (κ3) is 3.30. The number of benzene rings is 2. The molecule has 25 heavy (non-hydrogen) atoms. The molecule has 3 aromatic rings. The molecule has 1 aromatic heterocycles. The highest BCUT2D eigenvalue weighted by atomic mass is 35.5. The molecule has 3 rings (SSSR count). The van der Waals surface area contributed by atoms with Crippen molar-refractivity contribution in [2.75, 3.05) is 0 Å². The lowest BCUT2D eigenvalue weighted by atomic mass is 10.1. The predicted octanol–water partition coefficient (Wildman–Crippen LogP) is 4.84. The van der Waals surface area contributed by atoms with Crippen molar-refractivity contribution < 1.29 is 0 Å². The maximum Gasteiger partial charge on any atom is 0.114 e. The molecule has 0 fully saturated rings. The lowest BCUT2D eigenvalue weighted by molar-refractivity contribution is 0.804. The molecule has 0 aliphatic heterocycles. The van der Waals surface area contributed by atoms with Crippen LogP contribution < -0.4 is 5.73 Å². The fourth-order valence-corrected chi connectivity index (χ4v) is 3.24. The van der Waals surface area contributed by atoms with Gasteiger partial charge in [-0.25, -0.2) is 0 Å². The van der Waals surface area contributed by atoms with E-state index in [0.29, 0.717) is 12.1 Å². The van der Waals surface area contributed by atoms with Crippen LogP contribution in [0, 0.1) is 18.3 Å². The third-order valence-electron chi connectivity index (χ3n) is 4.24. The van der Waals surface area contributed by atoms with E-state index < -0.39 is 0 Å². The summed E-state index contributed by atoms with van der Waals surface area (Å²) >= 11 is 11.3. The largest absolute Gasteiger partial charge is 0.389 e. The summed E-state index contributed by atoms with van der Waals surface area (Å²) in [6, 6.07) is 17.9. The van der Waals surface area contributed by atoms with Crippen molar-refractivity contribution in [3.8, 4) is 6.07 Å². The molecule has 1 heterocycles. The van der Waals surface area contributed by atoms with E-state index in [1.807, 2.05) is 49.4 Å². The van der Waals surface area contributed by atoms with Crippen LogP contribution in [0.3, 0.4) is 0 Å². The summed E-state index contributed by atoms with van der Waals surface area (Å²) in [5.41, 5.74) is 10.1. The SMILES string of the molecule is Cc1c(/C=C(/C#N)C(N)=S)c2ccccc2n1Cc1ccccc1Cl. The van der Waals surface area contributed by atoms with E-state index in [1.54, 1.807) is 6.08 Å². The molecule has 0 atom stereocenters. The molecule has 0 spiro atoms. The zero-order valence-corrected chi connectivity index (χ0v) is 15.2. The van der Waals surface area contributed by atoms with E-state index in [2.05, 4.69) is 16.7 Å². The fourth-order valence-electron chi connectivity index (χ4n) is 2.94. The number of nitrogens with zero attached hydrogens (tertiary/aromatic N) is 2. The molecule has 0 bridgehead atoms. The number of aromatic nitrogens is 1. The summed E-state index contributed by atoms with van der Waals surface area (Å²) in [6.07, 6.45) is 1.77. The summed E-state index contributed by atoms with van der Waals surface area (Å²) in [6.45, 7) is 2.67. The second kappa shape index (κ2) is 7.10. The lowest BCUT2D eigenvalue weighted by Crippen LogP contribution is -2.09. The Balaban J connectivity index is 2.21. The molecule has 2 N–H and O–H groups in total. The number of hydrogen-bond donors (Lipinski definition) is 1. The van der Waals surface area contributed by atoms with Gasteiger partial charge in [-0.1, -0.05) is 60.2 Å². The number of para-hydroxylation sites is 1. The van der Waals surface area contributed by atoms with E-state index >= 15 is 0 Å². The van der Waals surface area contributed by atoms with Gasteiger partial charge in [0.15, 0.2) is 0 Å². The molecule has 0 amide bonds. The van der Waals surface area contributed by atoms with Gasteiger partial charge in [0.25, 0.3) is 0 Å². The maximum atomic E-state index is 9.29. The number of rotatable bonds is 4. The lowest BCUT2D eigenvalue weighted by Gasteiger charge is -2.10. The first-order valence-electron chi connectivity index (χ1n) is 7.75. The Morgan fingerprint density at radius 1 is 1.24 bits per heavy atom. The van der Waals surface area contributed by atoms with Crippen LogP contribution in [-0.2, 0) is 6.54 Å². The highest BCUT2D eigenvalue weighted by Gasteiger charge is 2.14. The van der Waals surface area contributed by atoms with Crippen molar-refractivity contribution >= 4 is 45.8 Å². The van der Waals surface area contributed by atoms with Gasteiger partial charge >= 0.3 is 0 Å². The average molecular weight is 366 g/mol. The highest BCUT2D eigenvalue weighted by molar-refractivity contribution is 7.80. The molecule has 0 saturated heterocycles. The van der Waals surface area contributed by atoms with E-state index in [9.17, 15) is 5.26 Å². The van der Waals surface area contributed by atoms with Gasteiger partial charge in [0.1, 0.15) is 11.1 Å². The van der Waals surface area contributed by atoms with Crippen molar-refractivity contribution in [2.24, 2.45) is 5.73 Å². The Morgan fingerprint density at radius 3 is 2.60 bits per heavy atom. The molecule has 124 valence electrons. The number of nitrogens with two attached hydrogens (primary N) is 1. The number of thiocarbonyl (C=S) groups is 1. The van der Waals surface area contributed by atoms with E-state index in [0.717, 1.165) is 32.7 Å². The number of hydrogen-bond acceptors (Lipinski definition) is 2. The van der Waals surface area contributed by atoms with Crippen molar-refractivity contribution in [3.05, 3.63) is 75.9 Å². The van der Waals surface area contributed by atoms with Crippen LogP contribution in [0.5, 0.6) is 0 Å². The quantitative estimate of drug-likeness (QED) is 0.408. The molecule has 0 saturated carbocycles. The first-order valence-corrected chi connectivity index (χ1v) is 8.54. The van der Waals surface area contributed by atoms with Gasteiger partial charge in [0.2, 0.25) is 0 Å². The van der Waals surface area contributed by atoms with Crippen molar-refractivity contribution in [3.63, 3.8) is 0 Å². The summed E-state index contributed by atoms with van der Waals surface area (Å²) in [7, 11) is 0. The molecule has 3 nitrogen and oxygen atoms in total. The number of halogens is 1. The van der Waals surface area contributed by atoms with Gasteiger partial charge < -0.3 is 10.3 Å². The summed E-state index contributed by atoms with van der Waals surface area (Å²) in [5, 5.41) is 11.1. The Kier molecular flexibility index (Phi) is 4.89. The standard InChI is InChI=1S/C20H16ClN3S/c1-13-17(10-15(11-22)20(23)25)16-7-3-5-9-19(16)24(13)12-14-6-2-4-8-18(14)21/h2-10H,12H2,1H3,(H2,23,25)/b15-10-. The minimum Gasteiger partial charge on any atom is -0.389 e. The molecular formula is C20H16ClN3S. The van der Waals surface area contributed by atoms with Gasteiger partial charge in [0, 0.05) is 33.7 Å². The minimum atomic E-state index is 0.102. The summed E-state index contributed by atoms with van der Waals surface area (Å²) in [5.74, 6) is 0. The van der Waals surface area contributed by atoms with Gasteiger partial charge in [-0.05, 0) is 30.7 Å². The molecule has 0 radical (unpaired) electrons. The molecule has 5 heteroatoms. The second-order valence-corrected chi connectivity index (χ2v) is 6.57. The Hall–Kier alpha value is -2.61. The maximum absolute atomic E-state index is 9.29. The highest BCUT2D eigenvalue weighted by Crippen LogP contribution is 2.29. The van der Waals surface area contributed by atoms with E-state index in [-0.39, 0.29) is 4.99 Å². The zero-order chi connectivity index (χ0) is 18.0. The van der Waals surface area contributed by atoms with Gasteiger partial charge in [0.05, 0.1) is 5.57 Å². The first-order chi connectivity index (χ1) is 12.0. The first kappa shape index (κ1) is 17.2. The molecule has 2 aromatic carbocycles. The van der Waals surface area contributed by atoms with Crippen molar-refractivity contribution in [1.29, 1.82) is 5.26 Å². The molecular weight excluding hydrogens is 350 g/mol. The van der Waals surface area contributed by atoms with Crippen LogP contribution in [0.25, 0.3) is 17.0 Å². The smallest absolute Gasteiger partial charge is 0.114 e. The van der Waals surface area contributed by atoms with Crippen LogP contribution in [0.4, 0.5) is 0 Å². The summed E-state index contributed by atoms with van der Waals surface area (Å²) in [4.78, 5) is 0.102. The predicted molar refractivity (Wildman–Crippen MR) is 108 cm³/mol. The summed E-state index contributed by atoms with van der Waals surface area (Å²) < 4.78 is 2.19. The van der Waals surface area contributed by atoms with Gasteiger partial charge in [-0.2, -0.15) is 5.26 Å². The van der Waals surface area contributed by atoms with Crippen LogP contribution >= 0.6 is 23.8 Å². The van der Waals surface area contributed by atoms with Crippen LogP contribution in [0.1, 0.15) is 16.8 Å². The number of nitriles is 1. The van der Waals surface area contributed by atoms with Crippen molar-refractivity contribution in [2.45, 2.75) is 13.5 Å². The second-order valence-electron chi connectivity index (χ2n) is 5.73. The monoisotopic (exact) mass is 365 g/mol. The van der Waals surface area contributed by atoms with Crippen LogP contribution in [0.2, 0.25) is 5.02 Å². The van der Waals surface area contributed by atoms with Crippen LogP contribution in [0.15, 0.2) is 54.1 Å². The molecule has 0 aliphatic carbocycles. The Morgan fingerprint density at radius 2 is 1.92 bits per heavy atom. The average Bonchev–Trinajstić information content (AvgIpc) is 2.86.